The second-order valence-electron chi connectivity index (χ2n) is 4.28. The molecule has 0 unspecified atom stereocenters. The van der Waals surface area contributed by atoms with Crippen molar-refractivity contribution in [2.45, 2.75) is 26.7 Å². The third-order valence-corrected chi connectivity index (χ3v) is 3.56. The van der Waals surface area contributed by atoms with E-state index in [0.717, 1.165) is 9.26 Å². The van der Waals surface area contributed by atoms with Gasteiger partial charge in [0.15, 0.2) is 5.82 Å². The summed E-state index contributed by atoms with van der Waals surface area (Å²) in [7, 11) is 0. The van der Waals surface area contributed by atoms with E-state index >= 15 is 0 Å². The van der Waals surface area contributed by atoms with Gasteiger partial charge in [-0.2, -0.15) is 0 Å². The molecular formula is C12H14IN5. The third-order valence-electron chi connectivity index (χ3n) is 2.45. The van der Waals surface area contributed by atoms with Crippen molar-refractivity contribution in [2.75, 3.05) is 5.73 Å². The highest BCUT2D eigenvalue weighted by Gasteiger charge is 2.14. The summed E-state index contributed by atoms with van der Waals surface area (Å²) in [5, 5.41) is 0. The minimum absolute atomic E-state index is 0.295. The zero-order valence-corrected chi connectivity index (χ0v) is 12.6. The lowest BCUT2D eigenvalue weighted by Crippen LogP contribution is -2.07. The van der Waals surface area contributed by atoms with Gasteiger partial charge in [0, 0.05) is 6.20 Å². The van der Waals surface area contributed by atoms with Crippen LogP contribution in [0.3, 0.4) is 0 Å². The molecule has 0 atom stereocenters. The van der Waals surface area contributed by atoms with Crippen molar-refractivity contribution in [1.82, 2.24) is 19.9 Å². The van der Waals surface area contributed by atoms with Crippen LogP contribution in [0.15, 0.2) is 12.3 Å². The maximum Gasteiger partial charge on any atom is 0.180 e. The van der Waals surface area contributed by atoms with Crippen molar-refractivity contribution in [3.63, 3.8) is 0 Å². The molecule has 94 valence electrons. The van der Waals surface area contributed by atoms with E-state index in [4.69, 9.17) is 5.73 Å². The summed E-state index contributed by atoms with van der Waals surface area (Å²) in [4.78, 5) is 17.2. The Balaban J connectivity index is 2.59. The van der Waals surface area contributed by atoms with Crippen molar-refractivity contribution in [3.8, 4) is 11.5 Å². The number of hydrogen-bond acceptors (Lipinski definition) is 5. The first-order chi connectivity index (χ1) is 8.49. The van der Waals surface area contributed by atoms with Gasteiger partial charge in [0.2, 0.25) is 0 Å². The lowest BCUT2D eigenvalue weighted by Gasteiger charge is -2.11. The molecule has 2 rings (SSSR count). The number of nitrogens with zero attached hydrogens (tertiary/aromatic N) is 4. The number of rotatable bonds is 2. The standard InChI is InChI=1S/C12H14IN5/c1-6(2)10-9(13)11(14)18-12(17-10)8-4-5-15-7(3)16-8/h4-6H,1-3H3,(H2,14,17,18). The zero-order valence-electron chi connectivity index (χ0n) is 10.5. The first-order valence-electron chi connectivity index (χ1n) is 5.62. The van der Waals surface area contributed by atoms with Crippen LogP contribution < -0.4 is 5.73 Å². The molecule has 0 saturated carbocycles. The number of aryl methyl sites for hydroxylation is 1. The van der Waals surface area contributed by atoms with Gasteiger partial charge in [-0.3, -0.25) is 0 Å². The average Bonchev–Trinajstić information content (AvgIpc) is 2.32. The molecule has 0 bridgehead atoms. The molecule has 18 heavy (non-hydrogen) atoms. The second-order valence-corrected chi connectivity index (χ2v) is 5.35. The van der Waals surface area contributed by atoms with E-state index in [-0.39, 0.29) is 0 Å². The number of halogens is 1. The normalized spacial score (nSPS) is 10.9. The van der Waals surface area contributed by atoms with Gasteiger partial charge in [-0.1, -0.05) is 13.8 Å². The number of hydrogen-bond donors (Lipinski definition) is 1. The van der Waals surface area contributed by atoms with Crippen LogP contribution in [-0.2, 0) is 0 Å². The molecule has 6 heteroatoms. The van der Waals surface area contributed by atoms with Gasteiger partial charge < -0.3 is 5.73 Å². The highest BCUT2D eigenvalue weighted by molar-refractivity contribution is 14.1. The van der Waals surface area contributed by atoms with Gasteiger partial charge in [-0.05, 0) is 41.5 Å². The summed E-state index contributed by atoms with van der Waals surface area (Å²) in [6, 6.07) is 1.79. The maximum atomic E-state index is 5.93. The molecule has 2 N–H and O–H groups in total. The van der Waals surface area contributed by atoms with E-state index in [9.17, 15) is 0 Å². The van der Waals surface area contributed by atoms with Gasteiger partial charge in [0.05, 0.1) is 9.26 Å². The molecule has 0 saturated heterocycles. The molecule has 2 aromatic rings. The highest BCUT2D eigenvalue weighted by Crippen LogP contribution is 2.25. The quantitative estimate of drug-likeness (QED) is 0.838. The van der Waals surface area contributed by atoms with Crippen molar-refractivity contribution >= 4 is 28.4 Å². The van der Waals surface area contributed by atoms with Crippen molar-refractivity contribution in [3.05, 3.63) is 27.4 Å². The summed E-state index contributed by atoms with van der Waals surface area (Å²) in [5.41, 5.74) is 7.59. The Bertz CT molecular complexity index is 583. The molecule has 0 aliphatic rings. The predicted octanol–water partition coefficient (Wildman–Crippen LogP) is 2.55. The SMILES string of the molecule is Cc1nccc(-c2nc(N)c(I)c(C(C)C)n2)n1. The minimum atomic E-state index is 0.295. The van der Waals surface area contributed by atoms with Gasteiger partial charge >= 0.3 is 0 Å². The van der Waals surface area contributed by atoms with E-state index in [1.165, 1.54) is 0 Å². The molecule has 0 spiro atoms. The molecule has 5 nitrogen and oxygen atoms in total. The fraction of sp³-hybridized carbons (Fsp3) is 0.333. The van der Waals surface area contributed by atoms with Gasteiger partial charge in [-0.15, -0.1) is 0 Å². The van der Waals surface area contributed by atoms with Crippen molar-refractivity contribution in [1.29, 1.82) is 0 Å². The van der Waals surface area contributed by atoms with Crippen LogP contribution in [0.25, 0.3) is 11.5 Å². The van der Waals surface area contributed by atoms with Crippen LogP contribution in [0.5, 0.6) is 0 Å². The van der Waals surface area contributed by atoms with E-state index in [2.05, 4.69) is 56.4 Å². The smallest absolute Gasteiger partial charge is 0.180 e. The van der Waals surface area contributed by atoms with Crippen LogP contribution in [0.1, 0.15) is 31.3 Å². The lowest BCUT2D eigenvalue weighted by atomic mass is 10.1. The highest BCUT2D eigenvalue weighted by atomic mass is 127. The Kier molecular flexibility index (Phi) is 3.74. The number of aromatic nitrogens is 4. The zero-order chi connectivity index (χ0) is 13.3. The number of nitrogens with two attached hydrogens (primary N) is 1. The van der Waals surface area contributed by atoms with Gasteiger partial charge in [-0.25, -0.2) is 19.9 Å². The molecular weight excluding hydrogens is 341 g/mol. The van der Waals surface area contributed by atoms with E-state index in [1.807, 2.05) is 6.92 Å². The van der Waals surface area contributed by atoms with Crippen LogP contribution in [-0.4, -0.2) is 19.9 Å². The Morgan fingerprint density at radius 3 is 2.56 bits per heavy atom. The van der Waals surface area contributed by atoms with Crippen LogP contribution in [0.2, 0.25) is 0 Å². The average molecular weight is 355 g/mol. The van der Waals surface area contributed by atoms with Crippen LogP contribution in [0, 0.1) is 10.5 Å². The molecule has 0 fully saturated rings. The number of anilines is 1. The summed E-state index contributed by atoms with van der Waals surface area (Å²) in [6.07, 6.45) is 1.70. The first kappa shape index (κ1) is 13.1. The lowest BCUT2D eigenvalue weighted by molar-refractivity contribution is 0.808. The number of nitrogen functional groups attached to an aromatic ring is 1. The van der Waals surface area contributed by atoms with Crippen molar-refractivity contribution < 1.29 is 0 Å². The van der Waals surface area contributed by atoms with Crippen molar-refractivity contribution in [2.24, 2.45) is 0 Å². The Morgan fingerprint density at radius 1 is 1.22 bits per heavy atom. The van der Waals surface area contributed by atoms with Crippen LogP contribution in [0.4, 0.5) is 5.82 Å². The Labute approximate surface area is 119 Å². The van der Waals surface area contributed by atoms with Crippen LogP contribution >= 0.6 is 22.6 Å². The second kappa shape index (κ2) is 5.13. The molecule has 0 radical (unpaired) electrons. The summed E-state index contributed by atoms with van der Waals surface area (Å²) < 4.78 is 0.914. The predicted molar refractivity (Wildman–Crippen MR) is 79.0 cm³/mol. The van der Waals surface area contributed by atoms with E-state index in [1.54, 1.807) is 12.3 Å². The fourth-order valence-electron chi connectivity index (χ4n) is 1.56. The largest absolute Gasteiger partial charge is 0.383 e. The summed E-state index contributed by atoms with van der Waals surface area (Å²) in [5.74, 6) is 2.05. The topological polar surface area (TPSA) is 77.6 Å². The molecule has 0 amide bonds. The Hall–Kier alpha value is -1.31. The van der Waals surface area contributed by atoms with E-state index < -0.39 is 0 Å². The fourth-order valence-corrected chi connectivity index (χ4v) is 2.42. The summed E-state index contributed by atoms with van der Waals surface area (Å²) in [6.45, 7) is 6.00. The minimum Gasteiger partial charge on any atom is -0.383 e. The molecule has 0 aromatic carbocycles. The summed E-state index contributed by atoms with van der Waals surface area (Å²) >= 11 is 2.18. The molecule has 0 aliphatic carbocycles. The molecule has 2 aromatic heterocycles. The molecule has 2 heterocycles. The third kappa shape index (κ3) is 2.58. The van der Waals surface area contributed by atoms with Gasteiger partial charge in [0.1, 0.15) is 17.3 Å². The van der Waals surface area contributed by atoms with Gasteiger partial charge in [0.25, 0.3) is 0 Å². The Morgan fingerprint density at radius 2 is 1.94 bits per heavy atom. The monoisotopic (exact) mass is 355 g/mol. The molecule has 0 aliphatic heterocycles. The first-order valence-corrected chi connectivity index (χ1v) is 6.70. The maximum absolute atomic E-state index is 5.93. The van der Waals surface area contributed by atoms with E-state index in [0.29, 0.717) is 29.1 Å².